The first kappa shape index (κ1) is 14.7. The Morgan fingerprint density at radius 1 is 1.25 bits per heavy atom. The van der Waals surface area contributed by atoms with Gasteiger partial charge in [0.25, 0.3) is 0 Å². The minimum Gasteiger partial charge on any atom is -0.491 e. The monoisotopic (exact) mass is 222 g/mol. The summed E-state index contributed by atoms with van der Waals surface area (Å²) in [6.07, 6.45) is 1.91. The Morgan fingerprint density at radius 3 is 2.31 bits per heavy atom. The van der Waals surface area contributed by atoms with Crippen LogP contribution in [0.4, 0.5) is 0 Å². The lowest BCUT2D eigenvalue weighted by atomic mass is 10.1. The highest BCUT2D eigenvalue weighted by Gasteiger charge is 2.02. The van der Waals surface area contributed by atoms with Crippen molar-refractivity contribution in [2.24, 2.45) is 0 Å². The third-order valence-electron chi connectivity index (χ3n) is 1.90. The standard InChI is InChI=1S/C12H16O2.C2H6/c1-4-10-5-11(8-13)7-12(6-10)14-9(2)3;1-2/h5-9H,4H2,1-3H3;1-2H3. The maximum atomic E-state index is 10.7. The molecule has 16 heavy (non-hydrogen) atoms. The van der Waals surface area contributed by atoms with Gasteiger partial charge >= 0.3 is 0 Å². The van der Waals surface area contributed by atoms with Crippen LogP contribution in [0.3, 0.4) is 0 Å². The van der Waals surface area contributed by atoms with Gasteiger partial charge in [-0.25, -0.2) is 0 Å². The van der Waals surface area contributed by atoms with E-state index in [2.05, 4.69) is 6.92 Å². The average Bonchev–Trinajstić information content (AvgIpc) is 2.30. The van der Waals surface area contributed by atoms with E-state index in [1.165, 1.54) is 0 Å². The van der Waals surface area contributed by atoms with Gasteiger partial charge in [-0.3, -0.25) is 4.79 Å². The Balaban J connectivity index is 0.00000106. The van der Waals surface area contributed by atoms with E-state index in [1.807, 2.05) is 39.8 Å². The van der Waals surface area contributed by atoms with E-state index in [0.717, 1.165) is 24.0 Å². The molecular weight excluding hydrogens is 200 g/mol. The van der Waals surface area contributed by atoms with E-state index >= 15 is 0 Å². The van der Waals surface area contributed by atoms with E-state index in [-0.39, 0.29) is 6.10 Å². The van der Waals surface area contributed by atoms with Gasteiger partial charge in [0.2, 0.25) is 0 Å². The third-order valence-corrected chi connectivity index (χ3v) is 1.90. The number of rotatable bonds is 4. The molecule has 0 saturated heterocycles. The van der Waals surface area contributed by atoms with Gasteiger partial charge in [0.05, 0.1) is 6.10 Å². The minimum atomic E-state index is 0.140. The van der Waals surface area contributed by atoms with Gasteiger partial charge in [-0.1, -0.05) is 20.8 Å². The normalized spacial score (nSPS) is 9.38. The highest BCUT2D eigenvalue weighted by molar-refractivity contribution is 5.76. The fourth-order valence-electron chi connectivity index (χ4n) is 1.30. The van der Waals surface area contributed by atoms with Crippen molar-refractivity contribution in [2.45, 2.75) is 47.1 Å². The summed E-state index contributed by atoms with van der Waals surface area (Å²) in [6, 6.07) is 5.64. The second-order valence-corrected chi connectivity index (χ2v) is 3.55. The average molecular weight is 222 g/mol. The maximum Gasteiger partial charge on any atom is 0.150 e. The lowest BCUT2D eigenvalue weighted by molar-refractivity contribution is 0.112. The van der Waals surface area contributed by atoms with Crippen molar-refractivity contribution in [3.8, 4) is 5.75 Å². The molecule has 0 amide bonds. The molecule has 2 heteroatoms. The van der Waals surface area contributed by atoms with Gasteiger partial charge in [-0.05, 0) is 44.0 Å². The van der Waals surface area contributed by atoms with Gasteiger partial charge in [-0.15, -0.1) is 0 Å². The van der Waals surface area contributed by atoms with E-state index in [4.69, 9.17) is 4.74 Å². The first-order chi connectivity index (χ1) is 7.65. The molecule has 0 atom stereocenters. The summed E-state index contributed by atoms with van der Waals surface area (Å²) in [4.78, 5) is 10.7. The molecule has 0 N–H and O–H groups in total. The molecule has 0 radical (unpaired) electrons. The quantitative estimate of drug-likeness (QED) is 0.723. The Bertz CT molecular complexity index is 317. The maximum absolute atomic E-state index is 10.7. The molecule has 0 aliphatic rings. The Kier molecular flexibility index (Phi) is 7.27. The number of benzene rings is 1. The Labute approximate surface area is 98.6 Å². The molecule has 0 aliphatic heterocycles. The zero-order valence-corrected chi connectivity index (χ0v) is 10.9. The summed E-state index contributed by atoms with van der Waals surface area (Å²) < 4.78 is 5.54. The highest BCUT2D eigenvalue weighted by atomic mass is 16.5. The van der Waals surface area contributed by atoms with Crippen molar-refractivity contribution in [1.82, 2.24) is 0 Å². The molecule has 0 bridgehead atoms. The topological polar surface area (TPSA) is 26.3 Å². The molecule has 2 nitrogen and oxygen atoms in total. The summed E-state index contributed by atoms with van der Waals surface area (Å²) in [5.74, 6) is 0.779. The number of aldehydes is 1. The summed E-state index contributed by atoms with van der Waals surface area (Å²) in [5, 5.41) is 0. The highest BCUT2D eigenvalue weighted by Crippen LogP contribution is 2.18. The van der Waals surface area contributed by atoms with Crippen molar-refractivity contribution in [3.63, 3.8) is 0 Å². The molecule has 0 aliphatic carbocycles. The molecule has 0 spiro atoms. The fraction of sp³-hybridized carbons (Fsp3) is 0.500. The van der Waals surface area contributed by atoms with Crippen LogP contribution in [-0.4, -0.2) is 12.4 Å². The smallest absolute Gasteiger partial charge is 0.150 e. The second-order valence-electron chi connectivity index (χ2n) is 3.55. The zero-order valence-electron chi connectivity index (χ0n) is 10.9. The SMILES string of the molecule is CC.CCc1cc(C=O)cc(OC(C)C)c1. The number of hydrogen-bond acceptors (Lipinski definition) is 2. The zero-order chi connectivity index (χ0) is 12.6. The van der Waals surface area contributed by atoms with E-state index in [9.17, 15) is 4.79 Å². The van der Waals surface area contributed by atoms with Crippen LogP contribution >= 0.6 is 0 Å². The van der Waals surface area contributed by atoms with E-state index in [0.29, 0.717) is 5.56 Å². The van der Waals surface area contributed by atoms with E-state index in [1.54, 1.807) is 6.07 Å². The van der Waals surface area contributed by atoms with Gasteiger partial charge in [0.15, 0.2) is 0 Å². The van der Waals surface area contributed by atoms with Crippen LogP contribution in [0.5, 0.6) is 5.75 Å². The number of carbonyl (C=O) groups is 1. The Hall–Kier alpha value is -1.31. The second kappa shape index (κ2) is 7.91. The molecule has 1 rings (SSSR count). The van der Waals surface area contributed by atoms with Crippen LogP contribution in [0.25, 0.3) is 0 Å². The van der Waals surface area contributed by atoms with Crippen LogP contribution in [-0.2, 0) is 6.42 Å². The van der Waals surface area contributed by atoms with Gasteiger partial charge in [0.1, 0.15) is 12.0 Å². The van der Waals surface area contributed by atoms with Crippen LogP contribution in [0, 0.1) is 0 Å². The van der Waals surface area contributed by atoms with Crippen molar-refractivity contribution in [2.75, 3.05) is 0 Å². The predicted octanol–water partition coefficient (Wildman–Crippen LogP) is 3.87. The lowest BCUT2D eigenvalue weighted by Gasteiger charge is -2.11. The van der Waals surface area contributed by atoms with Crippen molar-refractivity contribution in [1.29, 1.82) is 0 Å². The summed E-state index contributed by atoms with van der Waals surface area (Å²) in [5.41, 5.74) is 1.81. The largest absolute Gasteiger partial charge is 0.491 e. The van der Waals surface area contributed by atoms with Crippen molar-refractivity contribution < 1.29 is 9.53 Å². The molecule has 1 aromatic rings. The number of ether oxygens (including phenoxy) is 1. The molecule has 0 unspecified atom stereocenters. The summed E-state index contributed by atoms with van der Waals surface area (Å²) in [6.45, 7) is 10.0. The molecule has 90 valence electrons. The first-order valence-electron chi connectivity index (χ1n) is 5.91. The lowest BCUT2D eigenvalue weighted by Crippen LogP contribution is -2.06. The van der Waals surface area contributed by atoms with Crippen molar-refractivity contribution in [3.05, 3.63) is 29.3 Å². The van der Waals surface area contributed by atoms with Crippen LogP contribution in [0.2, 0.25) is 0 Å². The fourth-order valence-corrected chi connectivity index (χ4v) is 1.30. The van der Waals surface area contributed by atoms with Gasteiger partial charge in [-0.2, -0.15) is 0 Å². The van der Waals surface area contributed by atoms with E-state index < -0.39 is 0 Å². The number of hydrogen-bond donors (Lipinski definition) is 0. The molecule has 0 aromatic heterocycles. The predicted molar refractivity (Wildman–Crippen MR) is 68.3 cm³/mol. The third kappa shape index (κ3) is 4.96. The number of aryl methyl sites for hydroxylation is 1. The summed E-state index contributed by atoms with van der Waals surface area (Å²) in [7, 11) is 0. The molecule has 1 aromatic carbocycles. The summed E-state index contributed by atoms with van der Waals surface area (Å²) >= 11 is 0. The molecule has 0 fully saturated rings. The molecular formula is C14H22O2. The first-order valence-corrected chi connectivity index (χ1v) is 5.91. The van der Waals surface area contributed by atoms with Crippen LogP contribution in [0.15, 0.2) is 18.2 Å². The van der Waals surface area contributed by atoms with Gasteiger partial charge < -0.3 is 4.74 Å². The minimum absolute atomic E-state index is 0.140. The van der Waals surface area contributed by atoms with Crippen molar-refractivity contribution >= 4 is 6.29 Å². The Morgan fingerprint density at radius 2 is 1.88 bits per heavy atom. The molecule has 0 heterocycles. The number of carbonyl (C=O) groups excluding carboxylic acids is 1. The van der Waals surface area contributed by atoms with Crippen LogP contribution in [0.1, 0.15) is 50.5 Å². The van der Waals surface area contributed by atoms with Crippen LogP contribution < -0.4 is 4.74 Å². The van der Waals surface area contributed by atoms with Gasteiger partial charge in [0, 0.05) is 5.56 Å². The molecule has 0 saturated carbocycles.